The molecule has 43 heavy (non-hydrogen) atoms. The normalized spacial score (nSPS) is 11.1. The van der Waals surface area contributed by atoms with Gasteiger partial charge in [0.2, 0.25) is 0 Å². The van der Waals surface area contributed by atoms with E-state index in [1.807, 2.05) is 24.3 Å². The zero-order chi connectivity index (χ0) is 30.3. The van der Waals surface area contributed by atoms with Crippen LogP contribution in [0.2, 0.25) is 0 Å². The van der Waals surface area contributed by atoms with Gasteiger partial charge in [0.25, 0.3) is 0 Å². The Morgan fingerprint density at radius 2 is 1.70 bits per heavy atom. The number of aryl methyl sites for hydroxylation is 2. The Hall–Kier alpha value is -4.83. The molecule has 0 saturated heterocycles. The van der Waals surface area contributed by atoms with Crippen LogP contribution in [0.3, 0.4) is 0 Å². The molecule has 1 amide bonds. The summed E-state index contributed by atoms with van der Waals surface area (Å²) in [6.45, 7) is 4.33. The maximum absolute atomic E-state index is 13.9. The van der Waals surface area contributed by atoms with E-state index in [9.17, 15) is 9.18 Å². The van der Waals surface area contributed by atoms with Crippen molar-refractivity contribution in [2.24, 2.45) is 5.10 Å². The molecule has 220 valence electrons. The standard InChI is InChI=1S/C33H29BrFN3O5/c1-21-8-9-22(2)38(21)25-10-12-26(13-11-25)41-20-27-14-15-30(43-27)33(39)37-36-18-24-16-31(40-3)32(17-28(24)34)42-19-23-6-4-5-7-29(23)35/h4-18H,19-20H2,1-3H3,(H,37,39)/b36-18+. The van der Waals surface area contributed by atoms with Gasteiger partial charge < -0.3 is 23.2 Å². The quantitative estimate of drug-likeness (QED) is 0.119. The number of hydrogen-bond donors (Lipinski definition) is 1. The maximum atomic E-state index is 13.9. The summed E-state index contributed by atoms with van der Waals surface area (Å²) in [5.74, 6) is 1.26. The van der Waals surface area contributed by atoms with E-state index in [0.29, 0.717) is 38.6 Å². The molecule has 0 unspecified atom stereocenters. The topological polar surface area (TPSA) is 87.2 Å². The van der Waals surface area contributed by atoms with Crippen LogP contribution in [-0.4, -0.2) is 23.8 Å². The third-order valence-electron chi connectivity index (χ3n) is 6.63. The predicted octanol–water partition coefficient (Wildman–Crippen LogP) is 7.52. The molecular formula is C33H29BrFN3O5. The highest BCUT2D eigenvalue weighted by molar-refractivity contribution is 9.10. The molecule has 8 nitrogen and oxygen atoms in total. The number of amides is 1. The van der Waals surface area contributed by atoms with Crippen molar-refractivity contribution in [3.05, 3.63) is 129 Å². The van der Waals surface area contributed by atoms with Crippen molar-refractivity contribution in [2.75, 3.05) is 7.11 Å². The highest BCUT2D eigenvalue weighted by Gasteiger charge is 2.13. The van der Waals surface area contributed by atoms with Crippen LogP contribution in [0.15, 0.2) is 98.9 Å². The minimum atomic E-state index is -0.516. The smallest absolute Gasteiger partial charge is 0.307 e. The highest BCUT2D eigenvalue weighted by Crippen LogP contribution is 2.33. The van der Waals surface area contributed by atoms with E-state index in [1.165, 1.54) is 19.4 Å². The van der Waals surface area contributed by atoms with Gasteiger partial charge in [-0.25, -0.2) is 9.82 Å². The Labute approximate surface area is 256 Å². The van der Waals surface area contributed by atoms with Gasteiger partial charge in [-0.15, -0.1) is 0 Å². The van der Waals surface area contributed by atoms with Gasteiger partial charge in [-0.3, -0.25) is 4.79 Å². The largest absolute Gasteiger partial charge is 0.493 e. The van der Waals surface area contributed by atoms with Gasteiger partial charge in [-0.05, 0) is 96.5 Å². The Bertz CT molecular complexity index is 1740. The molecule has 1 N–H and O–H groups in total. The number of furan rings is 1. The van der Waals surface area contributed by atoms with Gasteiger partial charge >= 0.3 is 5.91 Å². The molecule has 0 atom stereocenters. The number of carbonyl (C=O) groups excluding carboxylic acids is 1. The fourth-order valence-corrected chi connectivity index (χ4v) is 4.83. The first-order valence-electron chi connectivity index (χ1n) is 13.4. The minimum Gasteiger partial charge on any atom is -0.493 e. The molecule has 0 saturated carbocycles. The van der Waals surface area contributed by atoms with Crippen molar-refractivity contribution < 1.29 is 27.8 Å². The lowest BCUT2D eigenvalue weighted by atomic mass is 10.2. The van der Waals surface area contributed by atoms with Crippen molar-refractivity contribution >= 4 is 28.1 Å². The van der Waals surface area contributed by atoms with E-state index in [1.54, 1.807) is 42.5 Å². The fourth-order valence-electron chi connectivity index (χ4n) is 4.41. The predicted molar refractivity (Wildman–Crippen MR) is 165 cm³/mol. The van der Waals surface area contributed by atoms with Crippen LogP contribution in [-0.2, 0) is 13.2 Å². The lowest BCUT2D eigenvalue weighted by Gasteiger charge is -2.13. The summed E-state index contributed by atoms with van der Waals surface area (Å²) in [4.78, 5) is 12.6. The van der Waals surface area contributed by atoms with Crippen molar-refractivity contribution in [1.82, 2.24) is 9.99 Å². The van der Waals surface area contributed by atoms with Crippen LogP contribution in [0, 0.1) is 19.7 Å². The van der Waals surface area contributed by atoms with Crippen LogP contribution < -0.4 is 19.6 Å². The van der Waals surface area contributed by atoms with Gasteiger partial charge in [-0.1, -0.05) is 18.2 Å². The van der Waals surface area contributed by atoms with Gasteiger partial charge in [0.1, 0.15) is 30.5 Å². The van der Waals surface area contributed by atoms with Gasteiger partial charge in [-0.2, -0.15) is 5.10 Å². The van der Waals surface area contributed by atoms with E-state index in [0.717, 1.165) is 17.1 Å². The number of halogens is 2. The number of benzene rings is 3. The van der Waals surface area contributed by atoms with Crippen LogP contribution in [0.4, 0.5) is 4.39 Å². The fraction of sp³-hybridized carbons (Fsp3) is 0.152. The molecule has 0 bridgehead atoms. The molecule has 2 heterocycles. The second-order valence-corrected chi connectivity index (χ2v) is 10.5. The van der Waals surface area contributed by atoms with Crippen molar-refractivity contribution in [3.63, 3.8) is 0 Å². The third kappa shape index (κ3) is 7.15. The summed E-state index contributed by atoms with van der Waals surface area (Å²) in [7, 11) is 1.50. The van der Waals surface area contributed by atoms with E-state index < -0.39 is 5.91 Å². The number of methoxy groups -OCH3 is 1. The van der Waals surface area contributed by atoms with E-state index in [-0.39, 0.29) is 24.8 Å². The Morgan fingerprint density at radius 3 is 2.42 bits per heavy atom. The van der Waals surface area contributed by atoms with Crippen LogP contribution in [0.5, 0.6) is 17.2 Å². The molecule has 5 aromatic rings. The van der Waals surface area contributed by atoms with Gasteiger partial charge in [0.15, 0.2) is 17.3 Å². The SMILES string of the molecule is COc1cc(/C=N/NC(=O)c2ccc(COc3ccc(-n4c(C)ccc4C)cc3)o2)c(Br)cc1OCc1ccccc1F. The number of nitrogens with one attached hydrogen (secondary N) is 1. The average molecular weight is 647 g/mol. The summed E-state index contributed by atoms with van der Waals surface area (Å²) in [6, 6.07) is 25.0. The monoisotopic (exact) mass is 645 g/mol. The van der Waals surface area contributed by atoms with E-state index in [4.69, 9.17) is 18.6 Å². The maximum Gasteiger partial charge on any atom is 0.307 e. The highest BCUT2D eigenvalue weighted by atomic mass is 79.9. The molecule has 0 aliphatic heterocycles. The van der Waals surface area contributed by atoms with Crippen LogP contribution >= 0.6 is 15.9 Å². The first kappa shape index (κ1) is 29.7. The van der Waals surface area contributed by atoms with Crippen LogP contribution in [0.25, 0.3) is 5.69 Å². The molecular weight excluding hydrogens is 617 g/mol. The summed E-state index contributed by atoms with van der Waals surface area (Å²) in [5.41, 5.74) is 6.87. The zero-order valence-corrected chi connectivity index (χ0v) is 25.4. The summed E-state index contributed by atoms with van der Waals surface area (Å²) >= 11 is 3.48. The molecule has 2 aromatic heterocycles. The van der Waals surface area contributed by atoms with E-state index in [2.05, 4.69) is 57.0 Å². The molecule has 10 heteroatoms. The van der Waals surface area contributed by atoms with Crippen LogP contribution in [0.1, 0.15) is 38.8 Å². The number of hydrazone groups is 1. The third-order valence-corrected chi connectivity index (χ3v) is 7.31. The number of aromatic nitrogens is 1. The molecule has 0 aliphatic rings. The van der Waals surface area contributed by atoms with Crippen molar-refractivity contribution in [3.8, 4) is 22.9 Å². The van der Waals surface area contributed by atoms with Crippen molar-refractivity contribution in [2.45, 2.75) is 27.1 Å². The minimum absolute atomic E-state index is 0.0369. The summed E-state index contributed by atoms with van der Waals surface area (Å²) < 4.78 is 39.4. The van der Waals surface area contributed by atoms with Crippen molar-refractivity contribution in [1.29, 1.82) is 0 Å². The molecule has 0 aliphatic carbocycles. The summed E-state index contributed by atoms with van der Waals surface area (Å²) in [6.07, 6.45) is 1.46. The molecule has 5 rings (SSSR count). The molecule has 0 spiro atoms. The average Bonchev–Trinajstić information content (AvgIpc) is 3.62. The zero-order valence-electron chi connectivity index (χ0n) is 23.8. The molecule has 0 fully saturated rings. The Kier molecular flexibility index (Phi) is 9.26. The molecule has 0 radical (unpaired) electrons. The second kappa shape index (κ2) is 13.4. The van der Waals surface area contributed by atoms with Gasteiger partial charge in [0, 0.05) is 32.7 Å². The lowest BCUT2D eigenvalue weighted by Crippen LogP contribution is -2.16. The second-order valence-electron chi connectivity index (χ2n) is 9.60. The number of hydrogen-bond acceptors (Lipinski definition) is 6. The number of rotatable bonds is 11. The number of ether oxygens (including phenoxy) is 3. The van der Waals surface area contributed by atoms with E-state index >= 15 is 0 Å². The Morgan fingerprint density at radius 1 is 0.953 bits per heavy atom. The van der Waals surface area contributed by atoms with Gasteiger partial charge in [0.05, 0.1) is 13.3 Å². The molecule has 3 aromatic carbocycles. The number of carbonyl (C=O) groups is 1. The first-order valence-corrected chi connectivity index (χ1v) is 14.2. The Balaban J connectivity index is 1.15. The summed E-state index contributed by atoms with van der Waals surface area (Å²) in [5, 5.41) is 4.04. The first-order chi connectivity index (χ1) is 20.8. The number of nitrogens with zero attached hydrogens (tertiary/aromatic N) is 2. The lowest BCUT2D eigenvalue weighted by molar-refractivity contribution is 0.0923.